The van der Waals surface area contributed by atoms with E-state index in [2.05, 4.69) is 15.5 Å². The molecule has 0 aliphatic heterocycles. The van der Waals surface area contributed by atoms with Crippen LogP contribution in [0.5, 0.6) is 0 Å². The van der Waals surface area contributed by atoms with Crippen LogP contribution in [-0.4, -0.2) is 19.5 Å². The molecule has 0 aromatic rings. The minimum absolute atomic E-state index is 0.541. The normalized spacial score (nSPS) is 20.6. The fourth-order valence-electron chi connectivity index (χ4n) is 1.90. The van der Waals surface area contributed by atoms with E-state index in [9.17, 15) is 8.42 Å². The second-order valence-corrected chi connectivity index (χ2v) is 6.77. The third kappa shape index (κ3) is 3.74. The van der Waals surface area contributed by atoms with Gasteiger partial charge in [-0.05, 0) is 33.6 Å². The van der Waals surface area contributed by atoms with Crippen molar-refractivity contribution in [1.82, 2.24) is 9.44 Å². The Hall–Kier alpha value is -0.640. The molecule has 6 heteroatoms. The number of nitrogens with zero attached hydrogens (tertiary/aromatic N) is 1. The Bertz CT molecular complexity index is 383. The first-order valence-corrected chi connectivity index (χ1v) is 6.91. The van der Waals surface area contributed by atoms with Crippen LogP contribution in [0.1, 0.15) is 46.5 Å². The van der Waals surface area contributed by atoms with Gasteiger partial charge in [0.1, 0.15) is 5.54 Å². The van der Waals surface area contributed by atoms with Crippen molar-refractivity contribution in [1.29, 1.82) is 5.26 Å². The molecule has 0 bridgehead atoms. The summed E-state index contributed by atoms with van der Waals surface area (Å²) in [6, 6.07) is 2.09. The van der Waals surface area contributed by atoms with Gasteiger partial charge in [0.25, 0.3) is 10.2 Å². The molecule has 1 fully saturated rings. The average molecular weight is 245 g/mol. The summed E-state index contributed by atoms with van der Waals surface area (Å²) in [5.41, 5.74) is -1.45. The molecule has 0 heterocycles. The van der Waals surface area contributed by atoms with E-state index < -0.39 is 21.3 Å². The van der Waals surface area contributed by atoms with Crippen LogP contribution in [-0.2, 0) is 10.2 Å². The zero-order valence-electron chi connectivity index (χ0n) is 10.0. The molecule has 0 radical (unpaired) electrons. The zero-order valence-corrected chi connectivity index (χ0v) is 10.8. The predicted octanol–water partition coefficient (Wildman–Crippen LogP) is 1.05. The first-order valence-electron chi connectivity index (χ1n) is 5.42. The van der Waals surface area contributed by atoms with Gasteiger partial charge in [0.15, 0.2) is 0 Å². The summed E-state index contributed by atoms with van der Waals surface area (Å²) in [7, 11) is -3.62. The third-order valence-corrected chi connectivity index (χ3v) is 3.98. The minimum Gasteiger partial charge on any atom is -0.197 e. The first-order chi connectivity index (χ1) is 7.18. The summed E-state index contributed by atoms with van der Waals surface area (Å²) in [6.07, 6.45) is 2.97. The molecule has 0 spiro atoms. The van der Waals surface area contributed by atoms with Gasteiger partial charge in [-0.2, -0.15) is 23.1 Å². The van der Waals surface area contributed by atoms with E-state index in [4.69, 9.17) is 5.26 Å². The minimum atomic E-state index is -3.62. The van der Waals surface area contributed by atoms with Gasteiger partial charge >= 0.3 is 0 Å². The number of hydrogen-bond acceptors (Lipinski definition) is 3. The summed E-state index contributed by atoms with van der Waals surface area (Å²) in [5, 5.41) is 9.07. The summed E-state index contributed by atoms with van der Waals surface area (Å²) in [5.74, 6) is 0. The second-order valence-electron chi connectivity index (χ2n) is 5.36. The van der Waals surface area contributed by atoms with Crippen LogP contribution in [0.2, 0.25) is 0 Å². The molecule has 1 aliphatic rings. The highest BCUT2D eigenvalue weighted by Gasteiger charge is 2.38. The number of nitrogens with one attached hydrogen (secondary N) is 2. The maximum atomic E-state index is 11.8. The zero-order chi connectivity index (χ0) is 12.4. The van der Waals surface area contributed by atoms with Crippen molar-refractivity contribution < 1.29 is 8.42 Å². The van der Waals surface area contributed by atoms with Crippen LogP contribution in [0.15, 0.2) is 0 Å². The smallest absolute Gasteiger partial charge is 0.197 e. The highest BCUT2D eigenvalue weighted by molar-refractivity contribution is 7.87. The SMILES string of the molecule is CC(C)(C)NS(=O)(=O)NC1(C#N)CCCC1. The highest BCUT2D eigenvalue weighted by Crippen LogP contribution is 2.29. The first kappa shape index (κ1) is 13.4. The van der Waals surface area contributed by atoms with E-state index in [0.29, 0.717) is 12.8 Å². The lowest BCUT2D eigenvalue weighted by atomic mass is 10.0. The van der Waals surface area contributed by atoms with Crippen LogP contribution in [0.4, 0.5) is 0 Å². The quantitative estimate of drug-likeness (QED) is 0.779. The lowest BCUT2D eigenvalue weighted by Crippen LogP contribution is -2.54. The fraction of sp³-hybridized carbons (Fsp3) is 0.900. The number of nitriles is 1. The fourth-order valence-corrected chi connectivity index (χ4v) is 3.52. The van der Waals surface area contributed by atoms with Gasteiger partial charge in [-0.15, -0.1) is 0 Å². The molecule has 92 valence electrons. The highest BCUT2D eigenvalue weighted by atomic mass is 32.2. The third-order valence-electron chi connectivity index (χ3n) is 2.44. The van der Waals surface area contributed by atoms with Crippen molar-refractivity contribution in [3.05, 3.63) is 0 Å². The average Bonchev–Trinajstić information content (AvgIpc) is 2.48. The van der Waals surface area contributed by atoms with Crippen molar-refractivity contribution in [2.45, 2.75) is 57.5 Å². The topological polar surface area (TPSA) is 82.0 Å². The van der Waals surface area contributed by atoms with Crippen molar-refractivity contribution in [3.8, 4) is 6.07 Å². The Morgan fingerprint density at radius 3 is 2.12 bits per heavy atom. The molecule has 2 N–H and O–H groups in total. The molecule has 1 rings (SSSR count). The Balaban J connectivity index is 2.76. The molecule has 0 aromatic heterocycles. The Labute approximate surface area is 97.4 Å². The number of hydrogen-bond donors (Lipinski definition) is 2. The maximum Gasteiger partial charge on any atom is 0.278 e. The molecular weight excluding hydrogens is 226 g/mol. The van der Waals surface area contributed by atoms with Crippen molar-refractivity contribution >= 4 is 10.2 Å². The molecule has 0 atom stereocenters. The molecule has 1 aliphatic carbocycles. The summed E-state index contributed by atoms with van der Waals surface area (Å²) >= 11 is 0. The molecule has 0 amide bonds. The van der Waals surface area contributed by atoms with Crippen LogP contribution >= 0.6 is 0 Å². The van der Waals surface area contributed by atoms with E-state index in [0.717, 1.165) is 12.8 Å². The van der Waals surface area contributed by atoms with E-state index in [1.165, 1.54) is 0 Å². The molecular formula is C10H19N3O2S. The summed E-state index contributed by atoms with van der Waals surface area (Å²) < 4.78 is 28.6. The largest absolute Gasteiger partial charge is 0.278 e. The summed E-state index contributed by atoms with van der Waals surface area (Å²) in [4.78, 5) is 0. The Kier molecular flexibility index (Phi) is 3.62. The van der Waals surface area contributed by atoms with Crippen LogP contribution in [0, 0.1) is 11.3 Å². The van der Waals surface area contributed by atoms with E-state index >= 15 is 0 Å². The second kappa shape index (κ2) is 4.32. The molecule has 1 saturated carbocycles. The molecule has 16 heavy (non-hydrogen) atoms. The van der Waals surface area contributed by atoms with Gasteiger partial charge < -0.3 is 0 Å². The maximum absolute atomic E-state index is 11.8. The number of rotatable bonds is 3. The lowest BCUT2D eigenvalue weighted by Gasteiger charge is -2.26. The monoisotopic (exact) mass is 245 g/mol. The van der Waals surface area contributed by atoms with Gasteiger partial charge in [0.2, 0.25) is 0 Å². The molecule has 0 saturated heterocycles. The van der Waals surface area contributed by atoms with Crippen molar-refractivity contribution in [2.75, 3.05) is 0 Å². The molecule has 5 nitrogen and oxygen atoms in total. The van der Waals surface area contributed by atoms with E-state index in [1.807, 2.05) is 0 Å². The van der Waals surface area contributed by atoms with Gasteiger partial charge in [-0.3, -0.25) is 0 Å². The molecule has 0 aromatic carbocycles. The van der Waals surface area contributed by atoms with Gasteiger partial charge in [0.05, 0.1) is 6.07 Å². The van der Waals surface area contributed by atoms with Gasteiger partial charge in [0, 0.05) is 5.54 Å². The van der Waals surface area contributed by atoms with E-state index in [-0.39, 0.29) is 0 Å². The standard InChI is InChI=1S/C10H19N3O2S/c1-9(2,3)12-16(14,15)13-10(8-11)6-4-5-7-10/h12-13H,4-7H2,1-3H3. The van der Waals surface area contributed by atoms with Crippen LogP contribution in [0.3, 0.4) is 0 Å². The summed E-state index contributed by atoms with van der Waals surface area (Å²) in [6.45, 7) is 5.29. The van der Waals surface area contributed by atoms with Crippen molar-refractivity contribution in [2.24, 2.45) is 0 Å². The Morgan fingerprint density at radius 2 is 1.75 bits per heavy atom. The van der Waals surface area contributed by atoms with Gasteiger partial charge in [-0.1, -0.05) is 12.8 Å². The van der Waals surface area contributed by atoms with Crippen LogP contribution < -0.4 is 9.44 Å². The lowest BCUT2D eigenvalue weighted by molar-refractivity contribution is 0.448. The van der Waals surface area contributed by atoms with Crippen LogP contribution in [0.25, 0.3) is 0 Å². The van der Waals surface area contributed by atoms with Crippen molar-refractivity contribution in [3.63, 3.8) is 0 Å². The van der Waals surface area contributed by atoms with Gasteiger partial charge in [-0.25, -0.2) is 0 Å². The van der Waals surface area contributed by atoms with E-state index in [1.54, 1.807) is 20.8 Å². The Morgan fingerprint density at radius 1 is 1.25 bits per heavy atom. The molecule has 0 unspecified atom stereocenters. The predicted molar refractivity (Wildman–Crippen MR) is 61.8 cm³/mol.